The van der Waals surface area contributed by atoms with Gasteiger partial charge in [-0.1, -0.05) is 18.2 Å². The molecule has 1 fully saturated rings. The summed E-state index contributed by atoms with van der Waals surface area (Å²) < 4.78 is 11.1. The van der Waals surface area contributed by atoms with Crippen LogP contribution in [-0.2, 0) is 16.1 Å². The van der Waals surface area contributed by atoms with Gasteiger partial charge in [0.05, 0.1) is 13.2 Å². The van der Waals surface area contributed by atoms with E-state index in [0.717, 1.165) is 10.9 Å². The zero-order valence-electron chi connectivity index (χ0n) is 16.2. The first-order valence-electron chi connectivity index (χ1n) is 9.30. The molecule has 146 valence electrons. The lowest BCUT2D eigenvalue weighted by molar-refractivity contribution is -0.123. The maximum Gasteiger partial charge on any atom is 0.290 e. The van der Waals surface area contributed by atoms with Crippen LogP contribution in [0, 0.1) is 0 Å². The number of carbonyl (C=O) groups excluding carboxylic acids is 2. The van der Waals surface area contributed by atoms with Crippen molar-refractivity contribution in [3.05, 3.63) is 35.6 Å². The third-order valence-corrected chi connectivity index (χ3v) is 4.66. The van der Waals surface area contributed by atoms with E-state index in [9.17, 15) is 9.59 Å². The first-order valence-corrected chi connectivity index (χ1v) is 9.30. The van der Waals surface area contributed by atoms with E-state index in [1.165, 1.54) is 0 Å². The molecule has 0 spiro atoms. The zero-order chi connectivity index (χ0) is 19.4. The van der Waals surface area contributed by atoms with Crippen LogP contribution in [0.1, 0.15) is 30.0 Å². The summed E-state index contributed by atoms with van der Waals surface area (Å²) in [4.78, 5) is 28.8. The van der Waals surface area contributed by atoms with E-state index in [4.69, 9.17) is 9.15 Å². The Morgan fingerprint density at radius 1 is 1.19 bits per heavy atom. The quantitative estimate of drug-likeness (QED) is 0.837. The Bertz CT molecular complexity index is 807. The van der Waals surface area contributed by atoms with E-state index in [0.29, 0.717) is 50.7 Å². The lowest BCUT2D eigenvalue weighted by Gasteiger charge is -2.34. The van der Waals surface area contributed by atoms with Crippen LogP contribution in [0.2, 0.25) is 0 Å². The number of ether oxygens (including phenoxy) is 1. The lowest BCUT2D eigenvalue weighted by Crippen LogP contribution is -2.51. The molecule has 0 saturated carbocycles. The van der Waals surface area contributed by atoms with Crippen LogP contribution in [0.3, 0.4) is 0 Å². The minimum absolute atomic E-state index is 0.0180. The van der Waals surface area contributed by atoms with Gasteiger partial charge in [-0.05, 0) is 19.9 Å². The smallest absolute Gasteiger partial charge is 0.290 e. The molecule has 2 heterocycles. The van der Waals surface area contributed by atoms with Crippen LogP contribution in [0.25, 0.3) is 11.0 Å². The molecule has 1 N–H and O–H groups in total. The summed E-state index contributed by atoms with van der Waals surface area (Å²) in [6.07, 6.45) is 0. The van der Waals surface area contributed by atoms with Crippen LogP contribution >= 0.6 is 0 Å². The van der Waals surface area contributed by atoms with Crippen molar-refractivity contribution >= 4 is 22.8 Å². The van der Waals surface area contributed by atoms with Gasteiger partial charge in [0.1, 0.15) is 5.58 Å². The summed E-state index contributed by atoms with van der Waals surface area (Å²) in [5.74, 6) is 0.248. The molecule has 0 atom stereocenters. The van der Waals surface area contributed by atoms with Crippen LogP contribution in [0.5, 0.6) is 0 Å². The molecular weight excluding hydrogens is 346 g/mol. The Labute approximate surface area is 159 Å². The number of hydrogen-bond donors (Lipinski definition) is 1. The fourth-order valence-corrected chi connectivity index (χ4v) is 3.38. The number of rotatable bonds is 6. The molecule has 2 aromatic rings. The standard InChI is InChI=1S/C20H27N3O4/c1-14(2)21-18(24)12-22-8-10-23(11-9-22)20(25)19-16(13-26-3)15-6-4-5-7-17(15)27-19/h4-7,14H,8-13H2,1-3H3,(H,21,24). The van der Waals surface area contributed by atoms with Crippen molar-refractivity contribution in [1.82, 2.24) is 15.1 Å². The van der Waals surface area contributed by atoms with Crippen molar-refractivity contribution in [2.75, 3.05) is 39.8 Å². The summed E-state index contributed by atoms with van der Waals surface area (Å²) >= 11 is 0. The maximum absolute atomic E-state index is 13.0. The summed E-state index contributed by atoms with van der Waals surface area (Å²) in [6.45, 7) is 7.04. The summed E-state index contributed by atoms with van der Waals surface area (Å²) in [5.41, 5.74) is 1.48. The maximum atomic E-state index is 13.0. The van der Waals surface area contributed by atoms with E-state index >= 15 is 0 Å². The topological polar surface area (TPSA) is 75.0 Å². The van der Waals surface area contributed by atoms with Gasteiger partial charge < -0.3 is 19.4 Å². The van der Waals surface area contributed by atoms with Crippen molar-refractivity contribution in [3.8, 4) is 0 Å². The minimum Gasteiger partial charge on any atom is -0.451 e. The molecule has 1 aromatic heterocycles. The minimum atomic E-state index is -0.121. The lowest BCUT2D eigenvalue weighted by atomic mass is 10.1. The number of furan rings is 1. The van der Waals surface area contributed by atoms with Gasteiger partial charge in [0, 0.05) is 50.3 Å². The first kappa shape index (κ1) is 19.4. The van der Waals surface area contributed by atoms with Gasteiger partial charge in [-0.15, -0.1) is 0 Å². The van der Waals surface area contributed by atoms with Gasteiger partial charge in [-0.2, -0.15) is 0 Å². The number of nitrogens with zero attached hydrogens (tertiary/aromatic N) is 2. The molecule has 7 nitrogen and oxygen atoms in total. The number of amides is 2. The molecule has 3 rings (SSSR count). The van der Waals surface area contributed by atoms with Crippen molar-refractivity contribution in [2.24, 2.45) is 0 Å². The molecule has 1 aromatic carbocycles. The second-order valence-corrected chi connectivity index (χ2v) is 7.13. The normalized spacial score (nSPS) is 15.5. The van der Waals surface area contributed by atoms with Gasteiger partial charge in [0.25, 0.3) is 5.91 Å². The number of fused-ring (bicyclic) bond motifs is 1. The van der Waals surface area contributed by atoms with Gasteiger partial charge in [0.2, 0.25) is 5.91 Å². The van der Waals surface area contributed by atoms with Crippen LogP contribution in [0.4, 0.5) is 0 Å². The Morgan fingerprint density at radius 3 is 2.56 bits per heavy atom. The Hall–Kier alpha value is -2.38. The monoisotopic (exact) mass is 373 g/mol. The molecular formula is C20H27N3O4. The third kappa shape index (κ3) is 4.48. The van der Waals surface area contributed by atoms with Crippen molar-refractivity contribution in [3.63, 3.8) is 0 Å². The molecule has 0 bridgehead atoms. The average molecular weight is 373 g/mol. The highest BCUT2D eigenvalue weighted by Gasteiger charge is 2.28. The van der Waals surface area contributed by atoms with Gasteiger partial charge in [-0.25, -0.2) is 0 Å². The van der Waals surface area contributed by atoms with Gasteiger partial charge in [-0.3, -0.25) is 14.5 Å². The highest BCUT2D eigenvalue weighted by atomic mass is 16.5. The number of methoxy groups -OCH3 is 1. The van der Waals surface area contributed by atoms with Crippen LogP contribution in [-0.4, -0.2) is 67.5 Å². The molecule has 0 radical (unpaired) electrons. The molecule has 7 heteroatoms. The molecule has 1 aliphatic rings. The van der Waals surface area contributed by atoms with E-state index in [-0.39, 0.29) is 17.9 Å². The second-order valence-electron chi connectivity index (χ2n) is 7.13. The van der Waals surface area contributed by atoms with Crippen LogP contribution < -0.4 is 5.32 Å². The highest BCUT2D eigenvalue weighted by molar-refractivity contribution is 5.99. The number of nitrogens with one attached hydrogen (secondary N) is 1. The molecule has 27 heavy (non-hydrogen) atoms. The predicted molar refractivity (Wildman–Crippen MR) is 103 cm³/mol. The second kappa shape index (κ2) is 8.54. The summed E-state index contributed by atoms with van der Waals surface area (Å²) in [6, 6.07) is 7.74. The molecule has 2 amide bonds. The van der Waals surface area contributed by atoms with Crippen LogP contribution in [0.15, 0.2) is 28.7 Å². The predicted octanol–water partition coefficient (Wildman–Crippen LogP) is 1.86. The first-order chi connectivity index (χ1) is 13.0. The van der Waals surface area contributed by atoms with Crippen molar-refractivity contribution in [2.45, 2.75) is 26.5 Å². The number of benzene rings is 1. The molecule has 0 aliphatic carbocycles. The zero-order valence-corrected chi connectivity index (χ0v) is 16.2. The average Bonchev–Trinajstić information content (AvgIpc) is 3.00. The highest BCUT2D eigenvalue weighted by Crippen LogP contribution is 2.27. The van der Waals surface area contributed by atoms with E-state index < -0.39 is 0 Å². The number of carbonyl (C=O) groups is 2. The molecule has 0 unspecified atom stereocenters. The van der Waals surface area contributed by atoms with Gasteiger partial charge in [0.15, 0.2) is 5.76 Å². The fraction of sp³-hybridized carbons (Fsp3) is 0.500. The SMILES string of the molecule is COCc1c(C(=O)N2CCN(CC(=O)NC(C)C)CC2)oc2ccccc12. The van der Waals surface area contributed by atoms with Crippen molar-refractivity contribution in [1.29, 1.82) is 0 Å². The van der Waals surface area contributed by atoms with Gasteiger partial charge >= 0.3 is 0 Å². The van der Waals surface area contributed by atoms with E-state index in [1.54, 1.807) is 12.0 Å². The Morgan fingerprint density at radius 2 is 1.89 bits per heavy atom. The largest absolute Gasteiger partial charge is 0.451 e. The third-order valence-electron chi connectivity index (χ3n) is 4.66. The fourth-order valence-electron chi connectivity index (χ4n) is 3.38. The molecule has 1 aliphatic heterocycles. The Kier molecular flexibility index (Phi) is 6.13. The van der Waals surface area contributed by atoms with E-state index in [1.807, 2.05) is 38.1 Å². The number of hydrogen-bond acceptors (Lipinski definition) is 5. The summed E-state index contributed by atoms with van der Waals surface area (Å²) in [7, 11) is 1.61. The number of piperazine rings is 1. The van der Waals surface area contributed by atoms with E-state index in [2.05, 4.69) is 10.2 Å². The number of para-hydroxylation sites is 1. The molecule has 1 saturated heterocycles. The van der Waals surface area contributed by atoms with Crippen molar-refractivity contribution < 1.29 is 18.7 Å². The Balaban J connectivity index is 1.67. The summed E-state index contributed by atoms with van der Waals surface area (Å²) in [5, 5.41) is 3.81.